The van der Waals surface area contributed by atoms with E-state index in [1.807, 2.05) is 54.6 Å². The molecule has 32 heavy (non-hydrogen) atoms. The van der Waals surface area contributed by atoms with Crippen LogP contribution in [-0.2, 0) is 11.2 Å². The number of carbonyl (C=O) groups is 2. The summed E-state index contributed by atoms with van der Waals surface area (Å²) in [5.74, 6) is -0.596. The van der Waals surface area contributed by atoms with Gasteiger partial charge in [-0.3, -0.25) is 19.6 Å². The SMILES string of the molecule is NC(N)=NCCC[C@H](NC(=O)c1cnc2ccccc2c1)C(=O)NCCc1ccccc1. The number of hydrogen-bond donors (Lipinski definition) is 4. The highest BCUT2D eigenvalue weighted by Crippen LogP contribution is 2.13. The highest BCUT2D eigenvalue weighted by Gasteiger charge is 2.21. The van der Waals surface area contributed by atoms with Crippen LogP contribution in [0.5, 0.6) is 0 Å². The van der Waals surface area contributed by atoms with Crippen LogP contribution >= 0.6 is 0 Å². The van der Waals surface area contributed by atoms with E-state index in [1.54, 1.807) is 6.07 Å². The molecule has 1 aromatic heterocycles. The summed E-state index contributed by atoms with van der Waals surface area (Å²) in [4.78, 5) is 33.9. The number of nitrogens with one attached hydrogen (secondary N) is 2. The molecular formula is C24H28N6O2. The van der Waals surface area contributed by atoms with E-state index in [-0.39, 0.29) is 17.8 Å². The normalized spacial score (nSPS) is 11.5. The van der Waals surface area contributed by atoms with Crippen molar-refractivity contribution in [3.05, 3.63) is 78.0 Å². The number of pyridine rings is 1. The lowest BCUT2D eigenvalue weighted by atomic mass is 10.1. The van der Waals surface area contributed by atoms with Gasteiger partial charge in [0.2, 0.25) is 5.91 Å². The predicted octanol–water partition coefficient (Wildman–Crippen LogP) is 1.75. The standard InChI is InChI=1S/C24H28N6O2/c25-24(26)28-13-6-11-21(23(32)27-14-12-17-7-2-1-3-8-17)30-22(31)19-15-18-9-4-5-10-20(18)29-16-19/h1-5,7-10,15-16,21H,6,11-14H2,(H,27,32)(H,30,31)(H4,25,26,28)/t21-/m0/s1. The Bertz CT molecular complexity index is 1080. The van der Waals surface area contributed by atoms with Gasteiger partial charge in [-0.15, -0.1) is 0 Å². The van der Waals surface area contributed by atoms with E-state index in [9.17, 15) is 9.59 Å². The Hall–Kier alpha value is -3.94. The second kappa shape index (κ2) is 11.5. The fourth-order valence-corrected chi connectivity index (χ4v) is 3.31. The predicted molar refractivity (Wildman–Crippen MR) is 126 cm³/mol. The number of aliphatic imine (C=N–C) groups is 1. The van der Waals surface area contributed by atoms with Gasteiger partial charge in [-0.1, -0.05) is 48.5 Å². The van der Waals surface area contributed by atoms with Crippen molar-refractivity contribution in [3.8, 4) is 0 Å². The summed E-state index contributed by atoms with van der Waals surface area (Å²) in [6.07, 6.45) is 3.17. The van der Waals surface area contributed by atoms with Crippen LogP contribution < -0.4 is 22.1 Å². The summed E-state index contributed by atoms with van der Waals surface area (Å²) in [6.45, 7) is 0.851. The zero-order valence-corrected chi connectivity index (χ0v) is 17.8. The van der Waals surface area contributed by atoms with E-state index in [2.05, 4.69) is 20.6 Å². The Morgan fingerprint density at radius 2 is 1.78 bits per heavy atom. The maximum atomic E-state index is 12.8. The molecule has 166 valence electrons. The molecule has 8 nitrogen and oxygen atoms in total. The van der Waals surface area contributed by atoms with E-state index in [0.29, 0.717) is 37.9 Å². The molecule has 0 fully saturated rings. The molecule has 8 heteroatoms. The first-order valence-corrected chi connectivity index (χ1v) is 10.6. The van der Waals surface area contributed by atoms with Crippen molar-refractivity contribution >= 4 is 28.7 Å². The molecular weight excluding hydrogens is 404 g/mol. The van der Waals surface area contributed by atoms with Gasteiger partial charge in [0.1, 0.15) is 6.04 Å². The van der Waals surface area contributed by atoms with Crippen molar-refractivity contribution in [1.29, 1.82) is 0 Å². The van der Waals surface area contributed by atoms with E-state index >= 15 is 0 Å². The third kappa shape index (κ3) is 6.80. The Balaban J connectivity index is 1.63. The smallest absolute Gasteiger partial charge is 0.253 e. The summed E-state index contributed by atoms with van der Waals surface area (Å²) in [5, 5.41) is 6.60. The molecule has 2 amide bonds. The number of rotatable bonds is 10. The number of nitrogens with zero attached hydrogens (tertiary/aromatic N) is 2. The number of hydrogen-bond acceptors (Lipinski definition) is 4. The topological polar surface area (TPSA) is 135 Å². The molecule has 0 aliphatic carbocycles. The zero-order chi connectivity index (χ0) is 22.8. The monoisotopic (exact) mass is 432 g/mol. The van der Waals surface area contributed by atoms with Crippen LogP contribution in [0.4, 0.5) is 0 Å². The summed E-state index contributed by atoms with van der Waals surface area (Å²) in [6, 6.07) is 18.5. The van der Waals surface area contributed by atoms with Crippen molar-refractivity contribution in [2.45, 2.75) is 25.3 Å². The molecule has 2 aromatic carbocycles. The molecule has 0 bridgehead atoms. The lowest BCUT2D eigenvalue weighted by Crippen LogP contribution is -2.47. The van der Waals surface area contributed by atoms with Crippen LogP contribution in [0, 0.1) is 0 Å². The number of carbonyl (C=O) groups excluding carboxylic acids is 2. The Morgan fingerprint density at radius 3 is 2.56 bits per heavy atom. The molecule has 0 radical (unpaired) electrons. The molecule has 0 aliphatic heterocycles. The van der Waals surface area contributed by atoms with Crippen molar-refractivity contribution in [1.82, 2.24) is 15.6 Å². The maximum Gasteiger partial charge on any atom is 0.253 e. The molecule has 6 N–H and O–H groups in total. The third-order valence-corrected chi connectivity index (χ3v) is 4.98. The first-order valence-electron chi connectivity index (χ1n) is 10.6. The van der Waals surface area contributed by atoms with Gasteiger partial charge >= 0.3 is 0 Å². The van der Waals surface area contributed by atoms with E-state index < -0.39 is 6.04 Å². The second-order valence-corrected chi connectivity index (χ2v) is 7.42. The highest BCUT2D eigenvalue weighted by atomic mass is 16.2. The summed E-state index contributed by atoms with van der Waals surface area (Å²) >= 11 is 0. The van der Waals surface area contributed by atoms with Crippen molar-refractivity contribution in [2.24, 2.45) is 16.5 Å². The largest absolute Gasteiger partial charge is 0.370 e. The fraction of sp³-hybridized carbons (Fsp3) is 0.250. The van der Waals surface area contributed by atoms with Gasteiger partial charge in [-0.05, 0) is 37.0 Å². The van der Waals surface area contributed by atoms with Crippen LogP contribution in [0.25, 0.3) is 10.9 Å². The molecule has 0 unspecified atom stereocenters. The number of amides is 2. The minimum Gasteiger partial charge on any atom is -0.370 e. The van der Waals surface area contributed by atoms with Crippen LogP contribution in [0.1, 0.15) is 28.8 Å². The second-order valence-electron chi connectivity index (χ2n) is 7.42. The molecule has 0 saturated carbocycles. The zero-order valence-electron chi connectivity index (χ0n) is 17.8. The van der Waals surface area contributed by atoms with Crippen molar-refractivity contribution in [3.63, 3.8) is 0 Å². The van der Waals surface area contributed by atoms with Crippen molar-refractivity contribution < 1.29 is 9.59 Å². The molecule has 3 aromatic rings. The number of guanidine groups is 1. The average Bonchev–Trinajstić information content (AvgIpc) is 2.81. The van der Waals surface area contributed by atoms with Gasteiger partial charge in [0.15, 0.2) is 5.96 Å². The number of aromatic nitrogens is 1. The summed E-state index contributed by atoms with van der Waals surface area (Å²) in [7, 11) is 0. The van der Waals surface area contributed by atoms with E-state index in [4.69, 9.17) is 11.5 Å². The van der Waals surface area contributed by atoms with Crippen LogP contribution in [0.2, 0.25) is 0 Å². The molecule has 1 heterocycles. The van der Waals surface area contributed by atoms with Crippen LogP contribution in [0.3, 0.4) is 0 Å². The fourth-order valence-electron chi connectivity index (χ4n) is 3.31. The van der Waals surface area contributed by atoms with E-state index in [1.165, 1.54) is 6.20 Å². The maximum absolute atomic E-state index is 12.8. The number of para-hydroxylation sites is 1. The highest BCUT2D eigenvalue weighted by molar-refractivity contribution is 5.99. The van der Waals surface area contributed by atoms with Crippen LogP contribution in [-0.4, -0.2) is 41.9 Å². The summed E-state index contributed by atoms with van der Waals surface area (Å²) < 4.78 is 0. The van der Waals surface area contributed by atoms with Gasteiger partial charge < -0.3 is 22.1 Å². The van der Waals surface area contributed by atoms with Gasteiger partial charge in [0.05, 0.1) is 11.1 Å². The van der Waals surface area contributed by atoms with Gasteiger partial charge in [-0.25, -0.2) is 0 Å². The lowest BCUT2D eigenvalue weighted by molar-refractivity contribution is -0.123. The van der Waals surface area contributed by atoms with Crippen LogP contribution in [0.15, 0.2) is 71.9 Å². The molecule has 1 atom stereocenters. The molecule has 0 aliphatic rings. The van der Waals surface area contributed by atoms with Gasteiger partial charge in [0, 0.05) is 24.7 Å². The Labute approximate surface area is 187 Å². The molecule has 0 saturated heterocycles. The first-order chi connectivity index (χ1) is 15.5. The summed E-state index contributed by atoms with van der Waals surface area (Å²) in [5.41, 5.74) is 13.1. The quantitative estimate of drug-likeness (QED) is 0.220. The van der Waals surface area contributed by atoms with Gasteiger partial charge in [-0.2, -0.15) is 0 Å². The Morgan fingerprint density at radius 1 is 1.03 bits per heavy atom. The van der Waals surface area contributed by atoms with E-state index in [0.717, 1.165) is 16.5 Å². The average molecular weight is 433 g/mol. The molecule has 3 rings (SSSR count). The first kappa shape index (κ1) is 22.7. The number of fused-ring (bicyclic) bond motifs is 1. The Kier molecular flexibility index (Phi) is 8.14. The molecule has 0 spiro atoms. The lowest BCUT2D eigenvalue weighted by Gasteiger charge is -2.18. The van der Waals surface area contributed by atoms with Crippen molar-refractivity contribution in [2.75, 3.05) is 13.1 Å². The minimum atomic E-state index is -0.709. The third-order valence-electron chi connectivity index (χ3n) is 4.98. The minimum absolute atomic E-state index is 0.000126. The number of nitrogens with two attached hydrogens (primary N) is 2. The number of benzene rings is 2. The van der Waals surface area contributed by atoms with Gasteiger partial charge in [0.25, 0.3) is 5.91 Å².